The summed E-state index contributed by atoms with van der Waals surface area (Å²) in [6.45, 7) is 0. The average Bonchev–Trinajstić information content (AvgIpc) is 3.79. The fraction of sp³-hybridized carbons (Fsp3) is 0. The quantitative estimate of drug-likeness (QED) is 0.106. The van der Waals surface area contributed by atoms with Gasteiger partial charge >= 0.3 is 0 Å². The summed E-state index contributed by atoms with van der Waals surface area (Å²) in [5, 5.41) is 27.8. The molecule has 66 heavy (non-hydrogen) atoms. The molecule has 9 aromatic carbocycles. The highest BCUT2D eigenvalue weighted by atomic mass is 35.5. The first-order chi connectivity index (χ1) is 32.4. The van der Waals surface area contributed by atoms with Crippen molar-refractivity contribution in [1.82, 2.24) is 15.0 Å². The van der Waals surface area contributed by atoms with Crippen molar-refractivity contribution in [2.45, 2.75) is 0 Å². The van der Waals surface area contributed by atoms with E-state index in [1.54, 1.807) is 23.0 Å². The number of aromatic nitrogens is 3. The van der Waals surface area contributed by atoms with Crippen LogP contribution >= 0.6 is 23.2 Å². The van der Waals surface area contributed by atoms with E-state index in [2.05, 4.69) is 188 Å². The van der Waals surface area contributed by atoms with Gasteiger partial charge in [-0.05, 0) is 166 Å². The molecule has 10 heteroatoms. The van der Waals surface area contributed by atoms with E-state index in [1.165, 1.54) is 10.8 Å². The van der Waals surface area contributed by atoms with Gasteiger partial charge in [0.1, 0.15) is 16.7 Å². The van der Waals surface area contributed by atoms with Crippen LogP contribution in [-0.2, 0) is 0 Å². The highest BCUT2D eigenvalue weighted by Crippen LogP contribution is 2.40. The summed E-state index contributed by atoms with van der Waals surface area (Å²) < 4.78 is 0. The van der Waals surface area contributed by atoms with Crippen LogP contribution in [0.4, 0.5) is 39.8 Å². The molecule has 0 atom stereocenters. The average molecular weight is 894 g/mol. The smallest absolute Gasteiger partial charge is 0.115 e. The van der Waals surface area contributed by atoms with E-state index in [4.69, 9.17) is 28.6 Å². The Bertz CT molecular complexity index is 3540. The summed E-state index contributed by atoms with van der Waals surface area (Å²) in [6.07, 6.45) is 4.99. The zero-order valence-corrected chi connectivity index (χ0v) is 36.7. The molecule has 0 saturated carbocycles. The van der Waals surface area contributed by atoms with Gasteiger partial charge in [0.15, 0.2) is 0 Å². The second-order valence-corrected chi connectivity index (χ2v) is 16.8. The number of nitrogens with one attached hydrogen (secondary N) is 2. The van der Waals surface area contributed by atoms with E-state index in [0.29, 0.717) is 21.5 Å². The van der Waals surface area contributed by atoms with E-state index < -0.39 is 0 Å². The summed E-state index contributed by atoms with van der Waals surface area (Å²) in [5.74, 6) is 0. The number of allylic oxidation sites excluding steroid dienone is 4. The van der Waals surface area contributed by atoms with E-state index in [1.807, 2.05) is 42.5 Å². The van der Waals surface area contributed by atoms with Gasteiger partial charge in [-0.3, -0.25) is 10.8 Å². The third-order valence-corrected chi connectivity index (χ3v) is 12.1. The Morgan fingerprint density at radius 2 is 0.955 bits per heavy atom. The number of hydrogen-bond acceptors (Lipinski definition) is 7. The van der Waals surface area contributed by atoms with Crippen LogP contribution in [0.15, 0.2) is 229 Å². The first-order valence-electron chi connectivity index (χ1n) is 21.4. The minimum atomic E-state index is 0.292. The monoisotopic (exact) mass is 892 g/mol. The molecule has 0 unspecified atom stereocenters. The van der Waals surface area contributed by atoms with Crippen molar-refractivity contribution >= 4 is 107 Å². The lowest BCUT2D eigenvalue weighted by Gasteiger charge is -2.27. The fourth-order valence-electron chi connectivity index (χ4n) is 8.28. The lowest BCUT2D eigenvalue weighted by molar-refractivity contribution is 0.766. The maximum absolute atomic E-state index is 8.19. The maximum Gasteiger partial charge on any atom is 0.115 e. The van der Waals surface area contributed by atoms with Gasteiger partial charge in [0.2, 0.25) is 0 Å². The fourth-order valence-corrected chi connectivity index (χ4v) is 8.61. The summed E-state index contributed by atoms with van der Waals surface area (Å²) in [7, 11) is 0. The van der Waals surface area contributed by atoms with Crippen molar-refractivity contribution < 1.29 is 0 Å². The van der Waals surface area contributed by atoms with Crippen molar-refractivity contribution in [1.29, 1.82) is 5.41 Å². The van der Waals surface area contributed by atoms with E-state index in [-0.39, 0.29) is 0 Å². The third-order valence-electron chi connectivity index (χ3n) is 11.6. The lowest BCUT2D eigenvalue weighted by Crippen LogP contribution is -2.13. The molecule has 10 aromatic rings. The molecule has 11 rings (SSSR count). The number of hydrazone groups is 1. The maximum atomic E-state index is 8.19. The van der Waals surface area contributed by atoms with Gasteiger partial charge < -0.3 is 9.80 Å². The van der Waals surface area contributed by atoms with Crippen molar-refractivity contribution in [2.24, 2.45) is 5.10 Å². The summed E-state index contributed by atoms with van der Waals surface area (Å²) in [5.41, 5.74) is 15.3. The molecule has 0 radical (unpaired) electrons. The lowest BCUT2D eigenvalue weighted by atomic mass is 10.0. The number of halogens is 2. The van der Waals surface area contributed by atoms with Gasteiger partial charge in [-0.25, -0.2) is 0 Å². The molecule has 2 N–H and O–H groups in total. The minimum absolute atomic E-state index is 0.292. The van der Waals surface area contributed by atoms with Gasteiger partial charge in [0.05, 0.1) is 17.1 Å². The van der Waals surface area contributed by atoms with Gasteiger partial charge in [-0.1, -0.05) is 108 Å². The SMILES string of the molecule is N=C1C=CC(Cl)=C/C1=N/Nc1ccc(N(c2ccc(-c3ccc(N(c4ccc(-n5nc6ccc(Cl)cc6n5)cc4)c4ccc5ccccc5c4)cc3)cc2)c2ccc3ccccc3c2)cc1. The molecule has 1 aliphatic carbocycles. The Kier molecular flexibility index (Phi) is 10.6. The predicted octanol–water partition coefficient (Wildman–Crippen LogP) is 15.5. The van der Waals surface area contributed by atoms with Gasteiger partial charge in [-0.15, -0.1) is 10.2 Å². The summed E-state index contributed by atoms with van der Waals surface area (Å²) >= 11 is 12.4. The molecule has 0 fully saturated rings. The van der Waals surface area contributed by atoms with Crippen LogP contribution in [0.1, 0.15) is 0 Å². The number of rotatable bonds is 10. The minimum Gasteiger partial charge on any atom is -0.310 e. The molecule has 0 spiro atoms. The highest BCUT2D eigenvalue weighted by Gasteiger charge is 2.17. The molecule has 1 aliphatic rings. The zero-order valence-electron chi connectivity index (χ0n) is 35.2. The first kappa shape index (κ1) is 40.5. The molecular formula is C56H38Cl2N8. The van der Waals surface area contributed by atoms with Crippen LogP contribution in [0.2, 0.25) is 5.02 Å². The second kappa shape index (κ2) is 17.3. The molecule has 8 nitrogen and oxygen atoms in total. The predicted molar refractivity (Wildman–Crippen MR) is 276 cm³/mol. The molecule has 0 bridgehead atoms. The first-order valence-corrected chi connectivity index (χ1v) is 22.1. The van der Waals surface area contributed by atoms with E-state index >= 15 is 0 Å². The Morgan fingerprint density at radius 1 is 0.470 bits per heavy atom. The van der Waals surface area contributed by atoms with Crippen molar-refractivity contribution in [3.63, 3.8) is 0 Å². The number of hydrogen-bond donors (Lipinski definition) is 2. The molecule has 0 amide bonds. The Morgan fingerprint density at radius 3 is 1.52 bits per heavy atom. The summed E-state index contributed by atoms with van der Waals surface area (Å²) in [6, 6.07) is 69.3. The molecular weight excluding hydrogens is 856 g/mol. The van der Waals surface area contributed by atoms with Crippen LogP contribution in [0.3, 0.4) is 0 Å². The van der Waals surface area contributed by atoms with Gasteiger partial charge in [0, 0.05) is 44.2 Å². The van der Waals surface area contributed by atoms with E-state index in [0.717, 1.165) is 78.4 Å². The van der Waals surface area contributed by atoms with Crippen LogP contribution < -0.4 is 15.2 Å². The van der Waals surface area contributed by atoms with Crippen LogP contribution in [0, 0.1) is 5.41 Å². The molecule has 316 valence electrons. The standard InChI is InChI=1S/C56H38Cl2N8/c57-43-15-31-53(59)55(35-43)61-60-45-17-25-48(26-18-45)64(51-23-13-37-5-1-3-7-41(37)33-51)46-19-9-39(10-20-46)40-11-21-47(22-12-40)65(52-24-14-38-6-2-4-8-42(38)34-52)49-27-29-50(30-28-49)66-62-54-32-16-44(58)36-56(54)63-66/h1-36,59-60H/b59-53?,61-55-. The largest absolute Gasteiger partial charge is 0.310 e. The molecule has 0 saturated heterocycles. The number of nitrogens with zero attached hydrogens (tertiary/aromatic N) is 6. The zero-order chi connectivity index (χ0) is 44.6. The van der Waals surface area contributed by atoms with Crippen molar-refractivity contribution in [3.8, 4) is 16.8 Å². The van der Waals surface area contributed by atoms with Crippen LogP contribution in [-0.4, -0.2) is 26.4 Å². The molecule has 1 aromatic heterocycles. The topological polar surface area (TPSA) is 85.4 Å². The highest BCUT2D eigenvalue weighted by molar-refractivity contribution is 6.52. The summed E-state index contributed by atoms with van der Waals surface area (Å²) in [4.78, 5) is 6.18. The Hall–Kier alpha value is -8.30. The van der Waals surface area contributed by atoms with Crippen molar-refractivity contribution in [2.75, 3.05) is 15.2 Å². The normalized spacial score (nSPS) is 13.1. The van der Waals surface area contributed by atoms with E-state index in [9.17, 15) is 0 Å². The number of benzene rings is 9. The Labute approximate surface area is 391 Å². The number of fused-ring (bicyclic) bond motifs is 3. The second-order valence-electron chi connectivity index (χ2n) is 15.9. The molecule has 1 heterocycles. The third kappa shape index (κ3) is 8.18. The number of anilines is 7. The van der Waals surface area contributed by atoms with Gasteiger partial charge in [0.25, 0.3) is 0 Å². The van der Waals surface area contributed by atoms with Crippen LogP contribution in [0.5, 0.6) is 0 Å². The van der Waals surface area contributed by atoms with Crippen LogP contribution in [0.25, 0.3) is 49.4 Å². The molecule has 0 aliphatic heterocycles. The Balaban J connectivity index is 0.899. The van der Waals surface area contributed by atoms with Gasteiger partial charge in [-0.2, -0.15) is 9.90 Å². The van der Waals surface area contributed by atoms with Crippen molar-refractivity contribution in [3.05, 3.63) is 228 Å².